The van der Waals surface area contributed by atoms with Gasteiger partial charge in [0.15, 0.2) is 15.0 Å². The van der Waals surface area contributed by atoms with E-state index in [1.54, 1.807) is 24.0 Å². The lowest BCUT2D eigenvalue weighted by Crippen LogP contribution is -2.33. The predicted molar refractivity (Wildman–Crippen MR) is 126 cm³/mol. The summed E-state index contributed by atoms with van der Waals surface area (Å²) >= 11 is 4.94. The molecule has 9 heteroatoms. The average Bonchev–Trinajstić information content (AvgIpc) is 3.13. The first-order valence-corrected chi connectivity index (χ1v) is 12.8. The lowest BCUT2D eigenvalue weighted by atomic mass is 10.2. The van der Waals surface area contributed by atoms with Gasteiger partial charge in [-0.15, -0.1) is 0 Å². The molecule has 1 amide bonds. The number of carbonyl (C=O) groups excluding carboxylic acids is 1. The van der Waals surface area contributed by atoms with Crippen LogP contribution in [-0.4, -0.2) is 57.1 Å². The van der Waals surface area contributed by atoms with Crippen molar-refractivity contribution >= 4 is 58.4 Å². The number of sulfone groups is 1. The largest absolute Gasteiger partial charge is 0.309 e. The van der Waals surface area contributed by atoms with Crippen molar-refractivity contribution in [3.8, 4) is 0 Å². The van der Waals surface area contributed by atoms with Gasteiger partial charge >= 0.3 is 0 Å². The number of nitrogens with zero attached hydrogens (tertiary/aromatic N) is 3. The van der Waals surface area contributed by atoms with Crippen LogP contribution in [0.5, 0.6) is 0 Å². The minimum atomic E-state index is -3.30. The quantitative estimate of drug-likeness (QED) is 0.448. The minimum Gasteiger partial charge on any atom is -0.309 e. The molecule has 3 rings (SSSR count). The minimum absolute atomic E-state index is 0.0260. The van der Waals surface area contributed by atoms with E-state index in [0.717, 1.165) is 27.7 Å². The van der Waals surface area contributed by atoms with Crippen molar-refractivity contribution in [1.29, 1.82) is 0 Å². The first-order chi connectivity index (χ1) is 14.2. The summed E-state index contributed by atoms with van der Waals surface area (Å²) in [6.45, 7) is 2.97. The van der Waals surface area contributed by atoms with E-state index in [1.165, 1.54) is 23.5 Å². The summed E-state index contributed by atoms with van der Waals surface area (Å²) in [6, 6.07) is 12.0. The van der Waals surface area contributed by atoms with E-state index >= 15 is 0 Å². The predicted octanol–water partition coefficient (Wildman–Crippen LogP) is 4.45. The highest BCUT2D eigenvalue weighted by Gasteiger charge is 2.22. The summed E-state index contributed by atoms with van der Waals surface area (Å²) in [6.07, 6.45) is 0.792. The molecule has 0 fully saturated rings. The Labute approximate surface area is 189 Å². The van der Waals surface area contributed by atoms with Crippen LogP contribution in [0.4, 0.5) is 5.13 Å². The Balaban J connectivity index is 1.93. The van der Waals surface area contributed by atoms with Crippen LogP contribution in [0.25, 0.3) is 10.2 Å². The Morgan fingerprint density at radius 2 is 1.80 bits per heavy atom. The zero-order chi connectivity index (χ0) is 21.9. The molecule has 0 N–H and O–H groups in total. The number of anilines is 1. The van der Waals surface area contributed by atoms with Gasteiger partial charge in [-0.05, 0) is 69.5 Å². The zero-order valence-electron chi connectivity index (χ0n) is 17.1. The summed E-state index contributed by atoms with van der Waals surface area (Å²) in [5.74, 6) is -0.162. The number of carbonyl (C=O) groups is 1. The molecule has 0 aliphatic heterocycles. The van der Waals surface area contributed by atoms with Crippen LogP contribution in [0.15, 0.2) is 51.8 Å². The average molecular weight is 510 g/mol. The SMILES string of the molecule is CCS(=O)(=O)c1ccc(C(=O)N(CCCN(C)C)c2nc3ccc(Br)cc3s2)cc1. The van der Waals surface area contributed by atoms with Crippen LogP contribution in [0.1, 0.15) is 23.7 Å². The molecule has 0 saturated carbocycles. The number of benzene rings is 2. The molecule has 0 aliphatic rings. The van der Waals surface area contributed by atoms with Crippen LogP contribution in [0.2, 0.25) is 0 Å². The first-order valence-electron chi connectivity index (χ1n) is 9.57. The van der Waals surface area contributed by atoms with Crippen molar-refractivity contribution in [2.45, 2.75) is 18.2 Å². The molecule has 6 nitrogen and oxygen atoms in total. The molecular formula is C21H24BrN3O3S2. The van der Waals surface area contributed by atoms with Crippen molar-refractivity contribution in [2.24, 2.45) is 0 Å². The van der Waals surface area contributed by atoms with Gasteiger partial charge in [-0.2, -0.15) is 0 Å². The fraction of sp³-hybridized carbons (Fsp3) is 0.333. The van der Waals surface area contributed by atoms with E-state index in [0.29, 0.717) is 17.2 Å². The van der Waals surface area contributed by atoms with Crippen LogP contribution >= 0.6 is 27.3 Å². The molecule has 0 atom stereocenters. The topological polar surface area (TPSA) is 70.6 Å². The number of amides is 1. The molecule has 3 aromatic rings. The zero-order valence-corrected chi connectivity index (χ0v) is 20.3. The monoisotopic (exact) mass is 509 g/mol. The second-order valence-electron chi connectivity index (χ2n) is 7.15. The van der Waals surface area contributed by atoms with Crippen molar-refractivity contribution in [3.63, 3.8) is 0 Å². The van der Waals surface area contributed by atoms with Crippen LogP contribution in [-0.2, 0) is 9.84 Å². The Hall–Kier alpha value is -1.81. The fourth-order valence-electron chi connectivity index (χ4n) is 2.96. The molecular weight excluding hydrogens is 486 g/mol. The molecule has 0 radical (unpaired) electrons. The van der Waals surface area contributed by atoms with Crippen molar-refractivity contribution in [1.82, 2.24) is 9.88 Å². The van der Waals surface area contributed by atoms with Gasteiger partial charge in [0.25, 0.3) is 5.91 Å². The highest BCUT2D eigenvalue weighted by Crippen LogP contribution is 2.32. The Bertz CT molecular complexity index is 1140. The van der Waals surface area contributed by atoms with Gasteiger partial charge < -0.3 is 4.90 Å². The standard InChI is InChI=1S/C21H24BrN3O3S2/c1-4-30(27,28)17-9-6-15(7-10-17)20(26)25(13-5-12-24(2)3)21-23-18-11-8-16(22)14-19(18)29-21/h6-11,14H,4-5,12-13H2,1-3H3. The molecule has 2 aromatic carbocycles. The fourth-order valence-corrected chi connectivity index (χ4v) is 5.38. The van der Waals surface area contributed by atoms with E-state index < -0.39 is 9.84 Å². The third-order valence-electron chi connectivity index (χ3n) is 4.64. The van der Waals surface area contributed by atoms with E-state index in [1.807, 2.05) is 32.3 Å². The van der Waals surface area contributed by atoms with Crippen LogP contribution < -0.4 is 4.90 Å². The summed E-state index contributed by atoms with van der Waals surface area (Å²) in [5, 5.41) is 0.636. The highest BCUT2D eigenvalue weighted by atomic mass is 79.9. The molecule has 0 unspecified atom stereocenters. The highest BCUT2D eigenvalue weighted by molar-refractivity contribution is 9.10. The van der Waals surface area contributed by atoms with Crippen molar-refractivity contribution < 1.29 is 13.2 Å². The second kappa shape index (κ2) is 9.55. The van der Waals surface area contributed by atoms with Crippen LogP contribution in [0.3, 0.4) is 0 Å². The molecule has 160 valence electrons. The summed E-state index contributed by atoms with van der Waals surface area (Å²) < 4.78 is 26.1. The Kier molecular flexibility index (Phi) is 7.28. The molecule has 0 aliphatic carbocycles. The maximum Gasteiger partial charge on any atom is 0.260 e. The molecule has 0 bridgehead atoms. The van der Waals surface area contributed by atoms with E-state index in [9.17, 15) is 13.2 Å². The van der Waals surface area contributed by atoms with Crippen molar-refractivity contribution in [3.05, 3.63) is 52.5 Å². The number of thiazole rings is 1. The summed E-state index contributed by atoms with van der Waals surface area (Å²) in [4.78, 5) is 22.0. The Morgan fingerprint density at radius 3 is 2.43 bits per heavy atom. The van der Waals surface area contributed by atoms with E-state index in [2.05, 4.69) is 25.8 Å². The smallest absolute Gasteiger partial charge is 0.260 e. The third-order valence-corrected chi connectivity index (χ3v) is 7.93. The third kappa shape index (κ3) is 5.26. The summed E-state index contributed by atoms with van der Waals surface area (Å²) in [5.41, 5.74) is 1.28. The number of halogens is 1. The molecule has 0 spiro atoms. The summed E-state index contributed by atoms with van der Waals surface area (Å²) in [7, 11) is 0.685. The van der Waals surface area contributed by atoms with Gasteiger partial charge in [-0.25, -0.2) is 13.4 Å². The van der Waals surface area contributed by atoms with Gasteiger partial charge in [-0.1, -0.05) is 34.2 Å². The van der Waals surface area contributed by atoms with Gasteiger partial charge in [0.2, 0.25) is 0 Å². The van der Waals surface area contributed by atoms with Crippen molar-refractivity contribution in [2.75, 3.05) is 37.8 Å². The second-order valence-corrected chi connectivity index (χ2v) is 11.4. The van der Waals surface area contributed by atoms with Gasteiger partial charge in [0.05, 0.1) is 20.9 Å². The molecule has 0 saturated heterocycles. The van der Waals surface area contributed by atoms with Gasteiger partial charge in [-0.3, -0.25) is 9.69 Å². The van der Waals surface area contributed by atoms with Gasteiger partial charge in [0.1, 0.15) is 0 Å². The molecule has 30 heavy (non-hydrogen) atoms. The Morgan fingerprint density at radius 1 is 1.10 bits per heavy atom. The first kappa shape index (κ1) is 22.9. The number of aromatic nitrogens is 1. The number of hydrogen-bond donors (Lipinski definition) is 0. The lowest BCUT2D eigenvalue weighted by molar-refractivity contribution is 0.0986. The lowest BCUT2D eigenvalue weighted by Gasteiger charge is -2.21. The number of fused-ring (bicyclic) bond motifs is 1. The molecule has 1 heterocycles. The molecule has 1 aromatic heterocycles. The van der Waals surface area contributed by atoms with E-state index in [4.69, 9.17) is 0 Å². The van der Waals surface area contributed by atoms with Gasteiger partial charge in [0, 0.05) is 16.6 Å². The number of hydrogen-bond acceptors (Lipinski definition) is 6. The maximum atomic E-state index is 13.3. The normalized spacial score (nSPS) is 11.9. The van der Waals surface area contributed by atoms with Crippen LogP contribution in [0, 0.1) is 0 Å². The van der Waals surface area contributed by atoms with E-state index in [-0.39, 0.29) is 16.6 Å². The maximum absolute atomic E-state index is 13.3. The number of rotatable bonds is 8.